The number of nitrogens with one attached hydrogen (secondary N) is 1. The third-order valence-electron chi connectivity index (χ3n) is 3.53. The molecule has 132 valence electrons. The van der Waals surface area contributed by atoms with Gasteiger partial charge in [0, 0.05) is 11.8 Å². The summed E-state index contributed by atoms with van der Waals surface area (Å²) in [5.41, 5.74) is 2.15. The number of hydrogen-bond donors (Lipinski definition) is 1. The standard InChI is InChI=1S/C20H22N2O2.ClH/c1-15(2)13-18(14-23)22-20(24)19-9-4-3-7-16(19)10-11-17-8-5-6-12-21-17;/h3-12,14-15,18H,13H2,1-2H3,(H,22,24);1H/b11-10+;/t18-;/m0./s1. The molecule has 5 heteroatoms. The molecule has 1 amide bonds. The summed E-state index contributed by atoms with van der Waals surface area (Å²) in [7, 11) is 0. The first-order valence-corrected chi connectivity index (χ1v) is 8.04. The predicted octanol–water partition coefficient (Wildman–Crippen LogP) is 4.02. The number of aromatic nitrogens is 1. The molecule has 1 heterocycles. The van der Waals surface area contributed by atoms with Crippen LogP contribution in [0.4, 0.5) is 0 Å². The van der Waals surface area contributed by atoms with Crippen LogP contribution in [0.5, 0.6) is 0 Å². The van der Waals surface area contributed by atoms with E-state index in [1.165, 1.54) is 0 Å². The zero-order valence-electron chi connectivity index (χ0n) is 14.4. The van der Waals surface area contributed by atoms with E-state index in [9.17, 15) is 9.59 Å². The van der Waals surface area contributed by atoms with E-state index in [0.717, 1.165) is 17.5 Å². The predicted molar refractivity (Wildman–Crippen MR) is 104 cm³/mol. The monoisotopic (exact) mass is 358 g/mol. The number of hydrogen-bond acceptors (Lipinski definition) is 3. The first-order valence-electron chi connectivity index (χ1n) is 8.04. The molecule has 1 atom stereocenters. The number of carbonyl (C=O) groups is 2. The van der Waals surface area contributed by atoms with Crippen molar-refractivity contribution in [2.24, 2.45) is 5.92 Å². The molecule has 2 rings (SSSR count). The van der Waals surface area contributed by atoms with E-state index >= 15 is 0 Å². The molecular formula is C20H23ClN2O2. The van der Waals surface area contributed by atoms with Crippen molar-refractivity contribution in [3.05, 3.63) is 65.5 Å². The Bertz CT molecular complexity index is 715. The van der Waals surface area contributed by atoms with Gasteiger partial charge in [-0.1, -0.05) is 44.2 Å². The number of amides is 1. The fourth-order valence-electron chi connectivity index (χ4n) is 2.40. The van der Waals surface area contributed by atoms with Crippen LogP contribution in [-0.2, 0) is 4.79 Å². The van der Waals surface area contributed by atoms with Gasteiger partial charge < -0.3 is 10.1 Å². The Labute approximate surface area is 154 Å². The van der Waals surface area contributed by atoms with Gasteiger partial charge in [-0.05, 0) is 42.2 Å². The van der Waals surface area contributed by atoms with Crippen LogP contribution < -0.4 is 5.32 Å². The lowest BCUT2D eigenvalue weighted by Gasteiger charge is -2.15. The van der Waals surface area contributed by atoms with Crippen molar-refractivity contribution >= 4 is 36.8 Å². The highest BCUT2D eigenvalue weighted by Crippen LogP contribution is 2.13. The molecule has 0 saturated carbocycles. The van der Waals surface area contributed by atoms with Crippen molar-refractivity contribution in [2.45, 2.75) is 26.3 Å². The van der Waals surface area contributed by atoms with Crippen LogP contribution in [0.25, 0.3) is 12.2 Å². The van der Waals surface area contributed by atoms with E-state index in [1.54, 1.807) is 12.3 Å². The Balaban J connectivity index is 0.00000312. The Hall–Kier alpha value is -2.46. The van der Waals surface area contributed by atoms with Crippen molar-refractivity contribution in [1.29, 1.82) is 0 Å². The molecule has 0 saturated heterocycles. The number of halogens is 1. The highest BCUT2D eigenvalue weighted by Gasteiger charge is 2.15. The van der Waals surface area contributed by atoms with Crippen LogP contribution >= 0.6 is 12.4 Å². The summed E-state index contributed by atoms with van der Waals surface area (Å²) in [5.74, 6) is 0.0915. The largest absolute Gasteiger partial charge is 0.343 e. The summed E-state index contributed by atoms with van der Waals surface area (Å²) in [5, 5.41) is 2.80. The normalized spacial score (nSPS) is 11.8. The van der Waals surface area contributed by atoms with Gasteiger partial charge in [0.2, 0.25) is 0 Å². The molecule has 25 heavy (non-hydrogen) atoms. The van der Waals surface area contributed by atoms with Gasteiger partial charge in [-0.15, -0.1) is 12.4 Å². The summed E-state index contributed by atoms with van der Waals surface area (Å²) >= 11 is 0. The van der Waals surface area contributed by atoms with Gasteiger partial charge >= 0.3 is 0 Å². The van der Waals surface area contributed by atoms with E-state index < -0.39 is 6.04 Å². The van der Waals surface area contributed by atoms with Gasteiger partial charge in [-0.3, -0.25) is 9.78 Å². The van der Waals surface area contributed by atoms with E-state index in [2.05, 4.69) is 10.3 Å². The van der Waals surface area contributed by atoms with Gasteiger partial charge in [0.1, 0.15) is 6.29 Å². The molecule has 0 radical (unpaired) electrons. The zero-order chi connectivity index (χ0) is 17.4. The van der Waals surface area contributed by atoms with Crippen LogP contribution in [0, 0.1) is 5.92 Å². The Morgan fingerprint density at radius 3 is 2.48 bits per heavy atom. The van der Waals surface area contributed by atoms with Crippen LogP contribution in [0.2, 0.25) is 0 Å². The van der Waals surface area contributed by atoms with Crippen molar-refractivity contribution in [2.75, 3.05) is 0 Å². The first kappa shape index (κ1) is 20.6. The summed E-state index contributed by atoms with van der Waals surface area (Å²) in [6.07, 6.45) is 6.86. The molecule has 0 unspecified atom stereocenters. The average molecular weight is 359 g/mol. The quantitative estimate of drug-likeness (QED) is 0.760. The van der Waals surface area contributed by atoms with E-state index in [0.29, 0.717) is 17.9 Å². The highest BCUT2D eigenvalue weighted by atomic mass is 35.5. The SMILES string of the molecule is CC(C)C[C@@H](C=O)NC(=O)c1ccccc1/C=C/c1ccccn1.Cl. The van der Waals surface area contributed by atoms with Gasteiger partial charge in [0.25, 0.3) is 5.91 Å². The number of aldehydes is 1. The molecule has 4 nitrogen and oxygen atoms in total. The summed E-state index contributed by atoms with van der Waals surface area (Å²) in [4.78, 5) is 27.9. The maximum atomic E-state index is 12.5. The molecule has 0 aliphatic heterocycles. The van der Waals surface area contributed by atoms with Gasteiger partial charge in [-0.2, -0.15) is 0 Å². The van der Waals surface area contributed by atoms with E-state index in [-0.39, 0.29) is 18.3 Å². The minimum absolute atomic E-state index is 0. The van der Waals surface area contributed by atoms with Gasteiger partial charge in [-0.25, -0.2) is 0 Å². The van der Waals surface area contributed by atoms with Crippen LogP contribution in [0.1, 0.15) is 41.9 Å². The lowest BCUT2D eigenvalue weighted by Crippen LogP contribution is -2.37. The number of rotatable bonds is 7. The molecule has 0 spiro atoms. The fourth-order valence-corrected chi connectivity index (χ4v) is 2.40. The summed E-state index contributed by atoms with van der Waals surface area (Å²) in [6, 6.07) is 12.5. The second kappa shape index (κ2) is 10.4. The average Bonchev–Trinajstić information content (AvgIpc) is 2.60. The minimum Gasteiger partial charge on any atom is -0.343 e. The maximum Gasteiger partial charge on any atom is 0.252 e. The third-order valence-corrected chi connectivity index (χ3v) is 3.53. The third kappa shape index (κ3) is 6.51. The van der Waals surface area contributed by atoms with Crippen LogP contribution in [-0.4, -0.2) is 23.2 Å². The second-order valence-electron chi connectivity index (χ2n) is 6.02. The number of nitrogens with zero attached hydrogens (tertiary/aromatic N) is 1. The van der Waals surface area contributed by atoms with Crippen LogP contribution in [0.15, 0.2) is 48.7 Å². The fraction of sp³-hybridized carbons (Fsp3) is 0.250. The van der Waals surface area contributed by atoms with E-state index in [4.69, 9.17) is 0 Å². The molecule has 2 aromatic rings. The molecule has 1 aromatic heterocycles. The molecule has 1 aromatic carbocycles. The maximum absolute atomic E-state index is 12.5. The summed E-state index contributed by atoms with van der Waals surface area (Å²) < 4.78 is 0. The van der Waals surface area contributed by atoms with Crippen LogP contribution in [0.3, 0.4) is 0 Å². The minimum atomic E-state index is -0.467. The van der Waals surface area contributed by atoms with Crippen molar-refractivity contribution < 1.29 is 9.59 Å². The highest BCUT2D eigenvalue weighted by molar-refractivity contribution is 5.99. The van der Waals surface area contributed by atoms with E-state index in [1.807, 2.05) is 62.4 Å². The number of benzene rings is 1. The second-order valence-corrected chi connectivity index (χ2v) is 6.02. The molecule has 0 aliphatic carbocycles. The molecule has 0 aliphatic rings. The van der Waals surface area contributed by atoms with Gasteiger partial charge in [0.05, 0.1) is 11.7 Å². The zero-order valence-corrected chi connectivity index (χ0v) is 15.2. The molecule has 0 bridgehead atoms. The van der Waals surface area contributed by atoms with Crippen molar-refractivity contribution in [1.82, 2.24) is 10.3 Å². The lowest BCUT2D eigenvalue weighted by atomic mass is 10.0. The molecular weight excluding hydrogens is 336 g/mol. The topological polar surface area (TPSA) is 59.1 Å². The Morgan fingerprint density at radius 2 is 1.84 bits per heavy atom. The smallest absolute Gasteiger partial charge is 0.252 e. The first-order chi connectivity index (χ1) is 11.6. The Kier molecular flexibility index (Phi) is 8.57. The molecule has 1 N–H and O–H groups in total. The lowest BCUT2D eigenvalue weighted by molar-refractivity contribution is -0.109. The number of carbonyl (C=O) groups excluding carboxylic acids is 2. The number of pyridine rings is 1. The van der Waals surface area contributed by atoms with Crippen molar-refractivity contribution in [3.8, 4) is 0 Å². The molecule has 0 fully saturated rings. The Morgan fingerprint density at radius 1 is 1.12 bits per heavy atom. The van der Waals surface area contributed by atoms with Crippen molar-refractivity contribution in [3.63, 3.8) is 0 Å². The van der Waals surface area contributed by atoms with Gasteiger partial charge in [0.15, 0.2) is 0 Å². The summed E-state index contributed by atoms with van der Waals surface area (Å²) in [6.45, 7) is 4.04.